The Morgan fingerprint density at radius 1 is 0.575 bits per heavy atom. The maximum Gasteiger partial charge on any atom is 0.344 e. The number of nitrogens with zero attached hydrogens (tertiary/aromatic N) is 2. The molecule has 0 bridgehead atoms. The summed E-state index contributed by atoms with van der Waals surface area (Å²) < 4.78 is 21.2. The molecule has 0 saturated carbocycles. The van der Waals surface area contributed by atoms with Crippen LogP contribution in [0.2, 0.25) is 30.1 Å². The van der Waals surface area contributed by atoms with Gasteiger partial charge < -0.3 is 18.9 Å². The number of rotatable bonds is 12. The van der Waals surface area contributed by atoms with Crippen LogP contribution in [0.1, 0.15) is 0 Å². The predicted molar refractivity (Wildman–Crippen MR) is 163 cm³/mol. The van der Waals surface area contributed by atoms with Crippen molar-refractivity contribution in [2.45, 2.75) is 0 Å². The van der Waals surface area contributed by atoms with Crippen molar-refractivity contribution in [2.75, 3.05) is 65.7 Å². The molecule has 0 amide bonds. The van der Waals surface area contributed by atoms with Crippen molar-refractivity contribution in [3.63, 3.8) is 0 Å². The van der Waals surface area contributed by atoms with E-state index in [0.717, 1.165) is 26.2 Å². The average molecular weight is 722 g/mol. The van der Waals surface area contributed by atoms with E-state index < -0.39 is 11.9 Å². The van der Waals surface area contributed by atoms with E-state index in [1.165, 1.54) is 24.3 Å². The van der Waals surface area contributed by atoms with E-state index >= 15 is 0 Å². The molecule has 0 radical (unpaired) electrons. The van der Waals surface area contributed by atoms with Gasteiger partial charge in [0.25, 0.3) is 0 Å². The molecule has 0 unspecified atom stereocenters. The van der Waals surface area contributed by atoms with Gasteiger partial charge in [-0.3, -0.25) is 9.80 Å². The average Bonchev–Trinajstić information content (AvgIpc) is 2.87. The molecule has 0 spiro atoms. The zero-order chi connectivity index (χ0) is 27.7. The van der Waals surface area contributed by atoms with Gasteiger partial charge in [0.1, 0.15) is 24.7 Å². The number of benzene rings is 2. The van der Waals surface area contributed by atoms with Gasteiger partial charge in [0, 0.05) is 51.4 Å². The molecule has 2 aromatic carbocycles. The van der Waals surface area contributed by atoms with E-state index in [1.807, 2.05) is 0 Å². The smallest absolute Gasteiger partial charge is 0.344 e. The minimum absolute atomic E-state index is 0. The van der Waals surface area contributed by atoms with Crippen LogP contribution in [0.3, 0.4) is 0 Å². The van der Waals surface area contributed by atoms with Gasteiger partial charge in [-0.05, 0) is 12.1 Å². The minimum atomic E-state index is -0.516. The highest BCUT2D eigenvalue weighted by Crippen LogP contribution is 2.34. The Balaban J connectivity index is 0.00000400. The summed E-state index contributed by atoms with van der Waals surface area (Å²) in [5.41, 5.74) is 0. The molecule has 0 aliphatic carbocycles. The zero-order valence-corrected chi connectivity index (χ0v) is 27.0. The monoisotopic (exact) mass is 718 g/mol. The van der Waals surface area contributed by atoms with Crippen LogP contribution in [0, 0.1) is 0 Å². The van der Waals surface area contributed by atoms with Crippen molar-refractivity contribution >= 4 is 106 Å². The fraction of sp³-hybridized carbons (Fsp3) is 0.417. The summed E-state index contributed by atoms with van der Waals surface area (Å²) in [5.74, 6) is -0.526. The van der Waals surface area contributed by atoms with Gasteiger partial charge in [0.15, 0.2) is 13.2 Å². The van der Waals surface area contributed by atoms with E-state index in [4.69, 9.17) is 88.6 Å². The van der Waals surface area contributed by atoms with Crippen molar-refractivity contribution < 1.29 is 28.5 Å². The minimum Gasteiger partial charge on any atom is -0.480 e. The standard InChI is InChI=1S/C24H24Cl6N2O6.2ClH/c25-15-9-19(29)21(11-17(15)27)37-13-23(33)35-7-5-31-1-2-32(4-3-31)6-8-36-24(34)14-38-22-12-18(28)16(26)10-20(22)30;;/h9-12H,1-8,13-14H2;2*1H. The van der Waals surface area contributed by atoms with E-state index in [9.17, 15) is 9.59 Å². The summed E-state index contributed by atoms with van der Waals surface area (Å²) in [5, 5.41) is 1.64. The molecule has 8 nitrogen and oxygen atoms in total. The van der Waals surface area contributed by atoms with Crippen molar-refractivity contribution in [3.8, 4) is 11.5 Å². The number of halogens is 8. The normalized spacial score (nSPS) is 13.6. The first-order chi connectivity index (χ1) is 18.1. The maximum atomic E-state index is 12.0. The molecule has 40 heavy (non-hydrogen) atoms. The second kappa shape index (κ2) is 18.7. The van der Waals surface area contributed by atoms with Crippen molar-refractivity contribution in [1.29, 1.82) is 0 Å². The number of hydrogen-bond donors (Lipinski definition) is 0. The van der Waals surface area contributed by atoms with Crippen LogP contribution in [0.15, 0.2) is 24.3 Å². The van der Waals surface area contributed by atoms with Crippen LogP contribution in [-0.2, 0) is 19.1 Å². The van der Waals surface area contributed by atoms with Crippen LogP contribution in [0.25, 0.3) is 0 Å². The first kappa shape index (κ1) is 37.2. The van der Waals surface area contributed by atoms with E-state index in [0.29, 0.717) is 23.1 Å². The van der Waals surface area contributed by atoms with E-state index in [2.05, 4.69) is 9.80 Å². The fourth-order valence-electron chi connectivity index (χ4n) is 3.40. The van der Waals surface area contributed by atoms with Gasteiger partial charge in [-0.25, -0.2) is 9.59 Å². The van der Waals surface area contributed by atoms with Crippen LogP contribution in [0.5, 0.6) is 11.5 Å². The predicted octanol–water partition coefficient (Wildman–Crippen LogP) is 6.61. The molecule has 1 aliphatic rings. The molecule has 1 aliphatic heterocycles. The molecule has 1 saturated heterocycles. The Morgan fingerprint density at radius 3 is 1.25 bits per heavy atom. The van der Waals surface area contributed by atoms with Crippen molar-refractivity contribution in [3.05, 3.63) is 54.4 Å². The Kier molecular flexibility index (Phi) is 17.4. The highest BCUT2D eigenvalue weighted by molar-refractivity contribution is 6.44. The third-order valence-electron chi connectivity index (χ3n) is 5.45. The lowest BCUT2D eigenvalue weighted by Gasteiger charge is -2.34. The molecular formula is C24H26Cl8N2O6. The summed E-state index contributed by atoms with van der Waals surface area (Å²) in [4.78, 5) is 28.3. The second-order valence-electron chi connectivity index (χ2n) is 8.10. The molecule has 0 N–H and O–H groups in total. The first-order valence-electron chi connectivity index (χ1n) is 11.4. The SMILES string of the molecule is Cl.Cl.O=C(COc1cc(Cl)c(Cl)cc1Cl)OCCN1CCN(CCOC(=O)COc2cc(Cl)c(Cl)cc2Cl)CC1. The van der Waals surface area contributed by atoms with E-state index in [-0.39, 0.29) is 82.8 Å². The Hall–Kier alpha value is -0.780. The van der Waals surface area contributed by atoms with Gasteiger partial charge in [-0.15, -0.1) is 24.8 Å². The highest BCUT2D eigenvalue weighted by atomic mass is 35.5. The van der Waals surface area contributed by atoms with Crippen LogP contribution >= 0.6 is 94.4 Å². The van der Waals surface area contributed by atoms with E-state index in [1.54, 1.807) is 0 Å². The van der Waals surface area contributed by atoms with Crippen molar-refractivity contribution in [2.24, 2.45) is 0 Å². The van der Waals surface area contributed by atoms with Crippen molar-refractivity contribution in [1.82, 2.24) is 9.80 Å². The molecule has 0 atom stereocenters. The molecule has 1 fully saturated rings. The lowest BCUT2D eigenvalue weighted by atomic mass is 10.3. The topological polar surface area (TPSA) is 77.5 Å². The zero-order valence-electron chi connectivity index (χ0n) is 20.8. The molecular weight excluding hydrogens is 696 g/mol. The third-order valence-corrected chi connectivity index (χ3v) is 7.48. The van der Waals surface area contributed by atoms with Crippen LogP contribution in [-0.4, -0.2) is 87.4 Å². The molecule has 0 aromatic heterocycles. The molecule has 224 valence electrons. The Labute approximate surface area is 274 Å². The summed E-state index contributed by atoms with van der Waals surface area (Å²) in [6.45, 7) is 4.23. The third kappa shape index (κ3) is 12.2. The Morgan fingerprint density at radius 2 is 0.900 bits per heavy atom. The highest BCUT2D eigenvalue weighted by Gasteiger charge is 2.18. The quantitative estimate of drug-likeness (QED) is 0.179. The second-order valence-corrected chi connectivity index (χ2v) is 10.5. The largest absolute Gasteiger partial charge is 0.480 e. The molecule has 16 heteroatoms. The van der Waals surface area contributed by atoms with Gasteiger partial charge in [0.05, 0.1) is 30.1 Å². The number of esters is 2. The summed E-state index contributed by atoms with van der Waals surface area (Å²) in [6, 6.07) is 5.78. The number of piperazine rings is 1. The number of carbonyl (C=O) groups is 2. The molecule has 1 heterocycles. The van der Waals surface area contributed by atoms with Gasteiger partial charge in [-0.2, -0.15) is 0 Å². The summed E-state index contributed by atoms with van der Waals surface area (Å²) in [6.07, 6.45) is 0. The first-order valence-corrected chi connectivity index (χ1v) is 13.7. The van der Waals surface area contributed by atoms with Gasteiger partial charge in [0.2, 0.25) is 0 Å². The maximum absolute atomic E-state index is 12.0. The Bertz CT molecular complexity index is 1050. The van der Waals surface area contributed by atoms with Crippen LogP contribution < -0.4 is 9.47 Å². The van der Waals surface area contributed by atoms with Gasteiger partial charge >= 0.3 is 11.9 Å². The number of carbonyl (C=O) groups excluding carboxylic acids is 2. The molecule has 2 aromatic rings. The number of ether oxygens (including phenoxy) is 4. The van der Waals surface area contributed by atoms with Gasteiger partial charge in [-0.1, -0.05) is 69.6 Å². The lowest BCUT2D eigenvalue weighted by molar-refractivity contribution is -0.147. The fourth-order valence-corrected chi connectivity index (χ4v) is 4.58. The summed E-state index contributed by atoms with van der Waals surface area (Å²) >= 11 is 35.7. The molecule has 3 rings (SSSR count). The van der Waals surface area contributed by atoms with Crippen LogP contribution in [0.4, 0.5) is 0 Å². The lowest BCUT2D eigenvalue weighted by Crippen LogP contribution is -2.48. The summed E-state index contributed by atoms with van der Waals surface area (Å²) in [7, 11) is 0. The number of hydrogen-bond acceptors (Lipinski definition) is 8.